The lowest BCUT2D eigenvalue weighted by Gasteiger charge is -2.32. The first-order valence-corrected chi connectivity index (χ1v) is 6.91. The molecule has 1 saturated heterocycles. The normalized spacial score (nSPS) is 21.0. The van der Waals surface area contributed by atoms with Crippen molar-refractivity contribution < 1.29 is 0 Å². The molecule has 0 amide bonds. The molecule has 0 bridgehead atoms. The van der Waals surface area contributed by atoms with Crippen LogP contribution in [0.5, 0.6) is 0 Å². The molecule has 0 atom stereocenters. The number of nitrogens with zero attached hydrogens (tertiary/aromatic N) is 2. The monoisotopic (exact) mass is 227 g/mol. The van der Waals surface area contributed by atoms with Crippen LogP contribution in [-0.4, -0.2) is 61.7 Å². The minimum absolute atomic E-state index is 0.716. The van der Waals surface area contributed by atoms with E-state index in [9.17, 15) is 0 Å². The summed E-state index contributed by atoms with van der Waals surface area (Å²) in [5.41, 5.74) is 0. The number of rotatable bonds is 5. The van der Waals surface area contributed by atoms with Crippen LogP contribution >= 0.6 is 0 Å². The molecule has 0 radical (unpaired) electrons. The van der Waals surface area contributed by atoms with E-state index in [1.165, 1.54) is 45.6 Å². The van der Waals surface area contributed by atoms with E-state index in [0.29, 0.717) is 6.04 Å². The first-order valence-electron chi connectivity index (χ1n) is 6.91. The van der Waals surface area contributed by atoms with Gasteiger partial charge in [0.1, 0.15) is 0 Å². The van der Waals surface area contributed by atoms with Crippen molar-refractivity contribution in [3.05, 3.63) is 0 Å². The molecule has 0 spiro atoms. The van der Waals surface area contributed by atoms with Crippen molar-refractivity contribution in [1.29, 1.82) is 0 Å². The van der Waals surface area contributed by atoms with E-state index >= 15 is 0 Å². The van der Waals surface area contributed by atoms with E-state index in [1.807, 2.05) is 0 Å². The van der Waals surface area contributed by atoms with Crippen LogP contribution in [0, 0.1) is 0 Å². The minimum Gasteiger partial charge on any atom is -0.316 e. The minimum atomic E-state index is 0.716. The Morgan fingerprint density at radius 3 is 2.19 bits per heavy atom. The highest BCUT2D eigenvalue weighted by molar-refractivity contribution is 4.70. The fourth-order valence-electron chi connectivity index (χ4n) is 2.37. The number of hydrogen-bond donors (Lipinski definition) is 1. The standard InChI is InChI=1S/C13H29N3/c1-4-14-7-12-15-8-5-10-16(13(2)3)11-6-9-15/h13-14H,4-12H2,1-3H3. The molecule has 0 aliphatic carbocycles. The maximum absolute atomic E-state index is 3.41. The SMILES string of the molecule is CCNCCN1CCCN(C(C)C)CCC1. The summed E-state index contributed by atoms with van der Waals surface area (Å²) >= 11 is 0. The van der Waals surface area contributed by atoms with E-state index in [0.717, 1.165) is 13.1 Å². The van der Waals surface area contributed by atoms with E-state index in [1.54, 1.807) is 0 Å². The van der Waals surface area contributed by atoms with Crippen molar-refractivity contribution in [3.8, 4) is 0 Å². The zero-order chi connectivity index (χ0) is 11.8. The highest BCUT2D eigenvalue weighted by Gasteiger charge is 2.14. The van der Waals surface area contributed by atoms with Gasteiger partial charge in [0.25, 0.3) is 0 Å². The van der Waals surface area contributed by atoms with Crippen LogP contribution in [0.1, 0.15) is 33.6 Å². The Morgan fingerprint density at radius 2 is 1.69 bits per heavy atom. The van der Waals surface area contributed by atoms with Gasteiger partial charge in [-0.3, -0.25) is 0 Å². The molecule has 1 aliphatic rings. The highest BCUT2D eigenvalue weighted by Crippen LogP contribution is 2.06. The summed E-state index contributed by atoms with van der Waals surface area (Å²) in [4.78, 5) is 5.22. The van der Waals surface area contributed by atoms with Crippen molar-refractivity contribution in [2.75, 3.05) is 45.8 Å². The van der Waals surface area contributed by atoms with E-state index < -0.39 is 0 Å². The molecule has 0 aromatic heterocycles. The van der Waals surface area contributed by atoms with Crippen LogP contribution in [-0.2, 0) is 0 Å². The third-order valence-corrected chi connectivity index (χ3v) is 3.42. The van der Waals surface area contributed by atoms with Crippen LogP contribution in [0.4, 0.5) is 0 Å². The Balaban J connectivity index is 2.19. The van der Waals surface area contributed by atoms with Crippen molar-refractivity contribution in [3.63, 3.8) is 0 Å². The van der Waals surface area contributed by atoms with Gasteiger partial charge in [0.2, 0.25) is 0 Å². The molecule has 0 aromatic carbocycles. The van der Waals surface area contributed by atoms with Crippen LogP contribution < -0.4 is 5.32 Å². The van der Waals surface area contributed by atoms with Gasteiger partial charge < -0.3 is 15.1 Å². The third kappa shape index (κ3) is 5.28. The second-order valence-electron chi connectivity index (χ2n) is 5.03. The second kappa shape index (κ2) is 8.04. The first-order chi connectivity index (χ1) is 7.74. The van der Waals surface area contributed by atoms with E-state index in [2.05, 4.69) is 35.9 Å². The van der Waals surface area contributed by atoms with Crippen molar-refractivity contribution in [2.24, 2.45) is 0 Å². The zero-order valence-corrected chi connectivity index (χ0v) is 11.3. The fourth-order valence-corrected chi connectivity index (χ4v) is 2.37. The topological polar surface area (TPSA) is 18.5 Å². The van der Waals surface area contributed by atoms with Gasteiger partial charge in [-0.25, -0.2) is 0 Å². The summed E-state index contributed by atoms with van der Waals surface area (Å²) in [5, 5.41) is 3.41. The van der Waals surface area contributed by atoms with Gasteiger partial charge in [-0.2, -0.15) is 0 Å². The van der Waals surface area contributed by atoms with Gasteiger partial charge in [-0.15, -0.1) is 0 Å². The summed E-state index contributed by atoms with van der Waals surface area (Å²) < 4.78 is 0. The van der Waals surface area contributed by atoms with Crippen molar-refractivity contribution >= 4 is 0 Å². The van der Waals surface area contributed by atoms with Crippen molar-refractivity contribution in [2.45, 2.75) is 39.7 Å². The van der Waals surface area contributed by atoms with Crippen LogP contribution in [0.15, 0.2) is 0 Å². The summed E-state index contributed by atoms with van der Waals surface area (Å²) in [6, 6.07) is 0.716. The van der Waals surface area contributed by atoms with Crippen LogP contribution in [0.3, 0.4) is 0 Å². The van der Waals surface area contributed by atoms with E-state index in [4.69, 9.17) is 0 Å². The molecular weight excluding hydrogens is 198 g/mol. The maximum Gasteiger partial charge on any atom is 0.0107 e. The fraction of sp³-hybridized carbons (Fsp3) is 1.00. The molecule has 1 aliphatic heterocycles. The summed E-state index contributed by atoms with van der Waals surface area (Å²) in [7, 11) is 0. The smallest absolute Gasteiger partial charge is 0.0107 e. The largest absolute Gasteiger partial charge is 0.316 e. The molecule has 1 heterocycles. The molecule has 96 valence electrons. The van der Waals surface area contributed by atoms with Gasteiger partial charge in [0.15, 0.2) is 0 Å². The summed E-state index contributed by atoms with van der Waals surface area (Å²) in [5.74, 6) is 0. The van der Waals surface area contributed by atoms with Crippen LogP contribution in [0.25, 0.3) is 0 Å². The Bertz CT molecular complexity index is 161. The number of hydrogen-bond acceptors (Lipinski definition) is 3. The number of nitrogens with one attached hydrogen (secondary N) is 1. The lowest BCUT2D eigenvalue weighted by molar-refractivity contribution is 0.157. The quantitative estimate of drug-likeness (QED) is 0.716. The van der Waals surface area contributed by atoms with Gasteiger partial charge in [0, 0.05) is 19.1 Å². The first kappa shape index (κ1) is 13.9. The Hall–Kier alpha value is -0.120. The molecule has 16 heavy (non-hydrogen) atoms. The Morgan fingerprint density at radius 1 is 1.06 bits per heavy atom. The molecule has 1 fully saturated rings. The van der Waals surface area contributed by atoms with Crippen LogP contribution in [0.2, 0.25) is 0 Å². The summed E-state index contributed by atoms with van der Waals surface area (Å²) in [6.45, 7) is 15.3. The Kier molecular flexibility index (Phi) is 7.01. The molecule has 0 saturated carbocycles. The zero-order valence-electron chi connectivity index (χ0n) is 11.3. The van der Waals surface area contributed by atoms with Gasteiger partial charge in [-0.05, 0) is 59.4 Å². The molecular formula is C13H29N3. The lowest BCUT2D eigenvalue weighted by atomic mass is 10.2. The third-order valence-electron chi connectivity index (χ3n) is 3.42. The highest BCUT2D eigenvalue weighted by atomic mass is 15.2. The molecule has 0 aromatic rings. The number of likely N-dealkylation sites (N-methyl/N-ethyl adjacent to an activating group) is 1. The van der Waals surface area contributed by atoms with Gasteiger partial charge >= 0.3 is 0 Å². The Labute approximate surface area is 101 Å². The predicted molar refractivity (Wildman–Crippen MR) is 70.9 cm³/mol. The molecule has 0 unspecified atom stereocenters. The second-order valence-corrected chi connectivity index (χ2v) is 5.03. The predicted octanol–water partition coefficient (Wildman–Crippen LogP) is 1.40. The molecule has 3 heteroatoms. The average Bonchev–Trinajstić information content (AvgIpc) is 2.20. The average molecular weight is 227 g/mol. The van der Waals surface area contributed by atoms with Gasteiger partial charge in [-0.1, -0.05) is 6.92 Å². The lowest BCUT2D eigenvalue weighted by Crippen LogP contribution is -2.41. The van der Waals surface area contributed by atoms with Crippen molar-refractivity contribution in [1.82, 2.24) is 15.1 Å². The van der Waals surface area contributed by atoms with Gasteiger partial charge in [0.05, 0.1) is 0 Å². The summed E-state index contributed by atoms with van der Waals surface area (Å²) in [6.07, 6.45) is 2.65. The maximum atomic E-state index is 3.41. The van der Waals surface area contributed by atoms with E-state index in [-0.39, 0.29) is 0 Å². The molecule has 1 N–H and O–H groups in total. The molecule has 3 nitrogen and oxygen atoms in total. The molecule has 1 rings (SSSR count).